The van der Waals surface area contributed by atoms with Gasteiger partial charge in [-0.3, -0.25) is 9.78 Å². The second-order valence-corrected chi connectivity index (χ2v) is 7.74. The molecule has 4 rings (SSSR count). The molecular weight excluding hydrogens is 335 g/mol. The number of anilines is 1. The zero-order chi connectivity index (χ0) is 15.0. The van der Waals surface area contributed by atoms with Crippen molar-refractivity contribution in [3.05, 3.63) is 34.2 Å². The second-order valence-electron chi connectivity index (χ2n) is 6.88. The van der Waals surface area contributed by atoms with Gasteiger partial charge >= 0.3 is 0 Å². The zero-order valence-corrected chi connectivity index (χ0v) is 13.3. The Labute approximate surface area is 130 Å². The van der Waals surface area contributed by atoms with Crippen molar-refractivity contribution in [1.82, 2.24) is 4.98 Å². The van der Waals surface area contributed by atoms with E-state index in [1.165, 1.54) is 6.07 Å². The summed E-state index contributed by atoms with van der Waals surface area (Å²) in [5.41, 5.74) is 2.03. The Balaban J connectivity index is 2.02. The predicted octanol–water partition coefficient (Wildman–Crippen LogP) is 4.15. The van der Waals surface area contributed by atoms with E-state index < -0.39 is 5.41 Å². The van der Waals surface area contributed by atoms with Crippen LogP contribution in [0.4, 0.5) is 10.1 Å². The number of hydrogen-bond acceptors (Lipinski definition) is 2. The van der Waals surface area contributed by atoms with Crippen LogP contribution in [-0.4, -0.2) is 10.9 Å². The maximum Gasteiger partial charge on any atom is 0.235 e. The zero-order valence-electron chi connectivity index (χ0n) is 11.8. The number of halogens is 2. The minimum Gasteiger partial charge on any atom is -0.324 e. The van der Waals surface area contributed by atoms with Crippen LogP contribution in [0.2, 0.25) is 0 Å². The average molecular weight is 349 g/mol. The minimum absolute atomic E-state index is 0.0478. The van der Waals surface area contributed by atoms with Gasteiger partial charge in [-0.2, -0.15) is 0 Å². The van der Waals surface area contributed by atoms with E-state index in [0.29, 0.717) is 9.99 Å². The molecule has 1 fully saturated rings. The molecule has 108 valence electrons. The van der Waals surface area contributed by atoms with Gasteiger partial charge in [-0.15, -0.1) is 0 Å². The molecule has 0 radical (unpaired) electrons. The van der Waals surface area contributed by atoms with Gasteiger partial charge in [0.2, 0.25) is 5.91 Å². The van der Waals surface area contributed by atoms with Gasteiger partial charge < -0.3 is 5.32 Å². The van der Waals surface area contributed by atoms with E-state index in [4.69, 9.17) is 0 Å². The van der Waals surface area contributed by atoms with Crippen molar-refractivity contribution in [3.8, 4) is 0 Å². The SMILES string of the molecule is CC1(C)CC2(C1)C(=O)Nc1cnc3cc(F)c(Br)cc3c12. The summed E-state index contributed by atoms with van der Waals surface area (Å²) < 4.78 is 14.1. The van der Waals surface area contributed by atoms with Crippen molar-refractivity contribution in [1.29, 1.82) is 0 Å². The summed E-state index contributed by atoms with van der Waals surface area (Å²) in [6.07, 6.45) is 3.27. The maximum absolute atomic E-state index is 13.7. The highest BCUT2D eigenvalue weighted by molar-refractivity contribution is 9.10. The van der Waals surface area contributed by atoms with E-state index in [-0.39, 0.29) is 17.1 Å². The Kier molecular flexibility index (Phi) is 2.40. The van der Waals surface area contributed by atoms with E-state index >= 15 is 0 Å². The molecule has 2 heterocycles. The van der Waals surface area contributed by atoms with Crippen LogP contribution in [0.3, 0.4) is 0 Å². The molecule has 21 heavy (non-hydrogen) atoms. The fourth-order valence-corrected chi connectivity index (χ4v) is 4.42. The van der Waals surface area contributed by atoms with Crippen molar-refractivity contribution in [2.45, 2.75) is 32.1 Å². The summed E-state index contributed by atoms with van der Waals surface area (Å²) in [4.78, 5) is 16.8. The Bertz CT molecular complexity index is 808. The Hall–Kier alpha value is -1.49. The molecule has 1 aromatic heterocycles. The largest absolute Gasteiger partial charge is 0.324 e. The number of rotatable bonds is 0. The molecule has 1 N–H and O–H groups in total. The maximum atomic E-state index is 13.7. The first kappa shape index (κ1) is 13.2. The van der Waals surface area contributed by atoms with E-state index in [1.807, 2.05) is 0 Å². The van der Waals surface area contributed by atoms with Crippen molar-refractivity contribution >= 4 is 38.4 Å². The molecule has 2 aliphatic rings. The monoisotopic (exact) mass is 348 g/mol. The first-order valence-electron chi connectivity index (χ1n) is 6.92. The molecule has 0 unspecified atom stereocenters. The van der Waals surface area contributed by atoms with Crippen LogP contribution in [0.15, 0.2) is 22.8 Å². The van der Waals surface area contributed by atoms with Crippen molar-refractivity contribution in [2.75, 3.05) is 5.32 Å². The molecule has 5 heteroatoms. The Morgan fingerprint density at radius 3 is 2.71 bits per heavy atom. The minimum atomic E-state index is -0.475. The summed E-state index contributed by atoms with van der Waals surface area (Å²) >= 11 is 3.23. The third-order valence-corrected chi connectivity index (χ3v) is 5.24. The van der Waals surface area contributed by atoms with Gasteiger partial charge in [0.1, 0.15) is 5.82 Å². The third-order valence-electron chi connectivity index (χ3n) is 4.63. The molecular formula is C16H14BrFN2O. The van der Waals surface area contributed by atoms with Gasteiger partial charge in [-0.1, -0.05) is 13.8 Å². The molecule has 2 aromatic rings. The normalized spacial score (nSPS) is 21.2. The van der Waals surface area contributed by atoms with E-state index in [1.54, 1.807) is 12.3 Å². The molecule has 0 atom stereocenters. The second kappa shape index (κ2) is 3.83. The topological polar surface area (TPSA) is 42.0 Å². The van der Waals surface area contributed by atoms with Crippen molar-refractivity contribution < 1.29 is 9.18 Å². The lowest BCUT2D eigenvalue weighted by Gasteiger charge is -2.50. The van der Waals surface area contributed by atoms with Crippen molar-refractivity contribution in [3.63, 3.8) is 0 Å². The Morgan fingerprint density at radius 2 is 2.05 bits per heavy atom. The molecule has 3 nitrogen and oxygen atoms in total. The number of pyridine rings is 1. The summed E-state index contributed by atoms with van der Waals surface area (Å²) in [5.74, 6) is -0.290. The fraction of sp³-hybridized carbons (Fsp3) is 0.375. The highest BCUT2D eigenvalue weighted by Crippen LogP contribution is 2.60. The van der Waals surface area contributed by atoms with Gasteiger partial charge in [0, 0.05) is 17.0 Å². The molecule has 0 saturated heterocycles. The third kappa shape index (κ3) is 1.64. The smallest absolute Gasteiger partial charge is 0.235 e. The highest BCUT2D eigenvalue weighted by Gasteiger charge is 2.59. The van der Waals surface area contributed by atoms with E-state index in [9.17, 15) is 9.18 Å². The quantitative estimate of drug-likeness (QED) is 0.777. The number of amides is 1. The van der Waals surface area contributed by atoms with Crippen molar-refractivity contribution in [2.24, 2.45) is 5.41 Å². The summed E-state index contributed by atoms with van der Waals surface area (Å²) in [5, 5.41) is 3.80. The lowest BCUT2D eigenvalue weighted by atomic mass is 9.52. The summed E-state index contributed by atoms with van der Waals surface area (Å²) in [6.45, 7) is 4.34. The lowest BCUT2D eigenvalue weighted by Crippen LogP contribution is -2.51. The van der Waals surface area contributed by atoms with Gasteiger partial charge in [-0.05, 0) is 40.3 Å². The molecule has 1 aromatic carbocycles. The van der Waals surface area contributed by atoms with Crippen LogP contribution in [0.25, 0.3) is 10.9 Å². The van der Waals surface area contributed by atoms with Gasteiger partial charge in [0.25, 0.3) is 0 Å². The summed E-state index contributed by atoms with van der Waals surface area (Å²) in [7, 11) is 0. The fourth-order valence-electron chi connectivity index (χ4n) is 4.07. The number of hydrogen-bond donors (Lipinski definition) is 1. The summed E-state index contributed by atoms with van der Waals surface area (Å²) in [6, 6.07) is 3.16. The van der Waals surface area contributed by atoms with Gasteiger partial charge in [0.05, 0.1) is 27.3 Å². The predicted molar refractivity (Wildman–Crippen MR) is 82.7 cm³/mol. The number of nitrogens with one attached hydrogen (secondary N) is 1. The van der Waals surface area contributed by atoms with Crippen LogP contribution in [0.1, 0.15) is 32.3 Å². The number of carbonyl (C=O) groups is 1. The molecule has 1 aliphatic heterocycles. The molecule has 1 aliphatic carbocycles. The van der Waals surface area contributed by atoms with E-state index in [0.717, 1.165) is 29.5 Å². The van der Waals surface area contributed by atoms with Crippen LogP contribution in [0.5, 0.6) is 0 Å². The molecule has 1 saturated carbocycles. The number of fused-ring (bicyclic) bond motifs is 4. The molecule has 1 spiro atoms. The van der Waals surface area contributed by atoms with E-state index in [2.05, 4.69) is 40.1 Å². The standard InChI is InChI=1S/C16H14BrFN2O/c1-15(2)6-16(7-15)13-8-3-9(17)10(18)4-11(8)19-5-12(13)20-14(16)21/h3-5H,6-7H2,1-2H3,(H,20,21). The van der Waals surface area contributed by atoms with Crippen LogP contribution in [-0.2, 0) is 10.2 Å². The van der Waals surface area contributed by atoms with Crippen LogP contribution in [0, 0.1) is 11.2 Å². The van der Waals surface area contributed by atoms with Crippen LogP contribution < -0.4 is 5.32 Å². The number of nitrogens with zero attached hydrogens (tertiary/aromatic N) is 1. The average Bonchev–Trinajstić information content (AvgIpc) is 2.63. The highest BCUT2D eigenvalue weighted by atomic mass is 79.9. The Morgan fingerprint density at radius 1 is 1.33 bits per heavy atom. The number of aromatic nitrogens is 1. The molecule has 0 bridgehead atoms. The number of carbonyl (C=O) groups excluding carboxylic acids is 1. The van der Waals surface area contributed by atoms with Crippen LogP contribution >= 0.6 is 15.9 Å². The van der Waals surface area contributed by atoms with Gasteiger partial charge in [-0.25, -0.2) is 4.39 Å². The first-order valence-corrected chi connectivity index (χ1v) is 7.71. The molecule has 1 amide bonds. The first-order chi connectivity index (χ1) is 9.82. The van der Waals surface area contributed by atoms with Gasteiger partial charge in [0.15, 0.2) is 0 Å². The lowest BCUT2D eigenvalue weighted by molar-refractivity contribution is -0.128. The number of benzene rings is 1.